The Kier molecular flexibility index (Phi) is 6.91. The molecular weight excluding hydrogens is 560 g/mol. The number of hydrogen-bond acceptors (Lipinski definition) is 10. The zero-order valence-electron chi connectivity index (χ0n) is 25.1. The number of anilines is 2. The number of nitrogens with one attached hydrogen (secondary N) is 1. The zero-order chi connectivity index (χ0) is 30.4. The fourth-order valence-corrected chi connectivity index (χ4v) is 6.05. The molecule has 2 saturated heterocycles. The predicted molar refractivity (Wildman–Crippen MR) is 163 cm³/mol. The second-order valence-electron chi connectivity index (χ2n) is 12.4. The van der Waals surface area contributed by atoms with E-state index in [-0.39, 0.29) is 24.3 Å². The molecule has 7 rings (SSSR count). The van der Waals surface area contributed by atoms with Crippen molar-refractivity contribution >= 4 is 34.3 Å². The van der Waals surface area contributed by atoms with Crippen molar-refractivity contribution in [2.45, 2.75) is 77.2 Å². The van der Waals surface area contributed by atoms with E-state index < -0.39 is 5.60 Å². The second-order valence-corrected chi connectivity index (χ2v) is 12.4. The Labute approximate surface area is 254 Å². The summed E-state index contributed by atoms with van der Waals surface area (Å²) in [6.45, 7) is 7.68. The Morgan fingerprint density at radius 1 is 0.977 bits per heavy atom. The van der Waals surface area contributed by atoms with Crippen LogP contribution in [0, 0.1) is 6.92 Å². The first-order valence-electron chi connectivity index (χ1n) is 14.8. The Morgan fingerprint density at radius 3 is 2.57 bits per heavy atom. The summed E-state index contributed by atoms with van der Waals surface area (Å²) in [4.78, 5) is 32.7. The molecule has 1 N–H and O–H groups in total. The van der Waals surface area contributed by atoms with Crippen molar-refractivity contribution in [2.75, 3.05) is 5.32 Å². The third-order valence-corrected chi connectivity index (χ3v) is 7.96. The van der Waals surface area contributed by atoms with Crippen molar-refractivity contribution in [3.63, 3.8) is 0 Å². The average molecular weight is 595 g/mol. The molecule has 44 heavy (non-hydrogen) atoms. The molecule has 2 aliphatic heterocycles. The van der Waals surface area contributed by atoms with Crippen LogP contribution in [-0.2, 0) is 4.74 Å². The highest BCUT2D eigenvalue weighted by Crippen LogP contribution is 2.38. The number of aryl methyl sites for hydroxylation is 1. The van der Waals surface area contributed by atoms with Gasteiger partial charge >= 0.3 is 6.09 Å². The number of rotatable bonds is 6. The topological polar surface area (TPSA) is 129 Å². The number of ether oxygens (including phenoxy) is 3. The van der Waals surface area contributed by atoms with Gasteiger partial charge < -0.3 is 24.4 Å². The molecule has 4 aromatic heterocycles. The van der Waals surface area contributed by atoms with Crippen molar-refractivity contribution in [1.82, 2.24) is 34.4 Å². The quantitative estimate of drug-likeness (QED) is 0.242. The predicted octanol–water partition coefficient (Wildman–Crippen LogP) is 6.22. The third kappa shape index (κ3) is 5.67. The summed E-state index contributed by atoms with van der Waals surface area (Å²) in [5.41, 5.74) is 3.29. The molecular formula is C32H34N8O4. The second kappa shape index (κ2) is 10.9. The molecule has 226 valence electrons. The van der Waals surface area contributed by atoms with Crippen molar-refractivity contribution in [1.29, 1.82) is 0 Å². The molecule has 0 saturated carbocycles. The molecule has 3 atom stereocenters. The van der Waals surface area contributed by atoms with E-state index in [2.05, 4.69) is 25.4 Å². The summed E-state index contributed by atoms with van der Waals surface area (Å²) < 4.78 is 19.9. The first-order valence-corrected chi connectivity index (χ1v) is 14.8. The van der Waals surface area contributed by atoms with Crippen molar-refractivity contribution in [2.24, 2.45) is 0 Å². The number of hydrogen-bond donors (Lipinski definition) is 1. The van der Waals surface area contributed by atoms with Gasteiger partial charge in [-0.2, -0.15) is 5.10 Å². The van der Waals surface area contributed by atoms with Crippen LogP contribution in [0.4, 0.5) is 16.3 Å². The van der Waals surface area contributed by atoms with Crippen LogP contribution in [0.3, 0.4) is 0 Å². The molecule has 0 radical (unpaired) electrons. The van der Waals surface area contributed by atoms with Crippen LogP contribution in [0.15, 0.2) is 61.3 Å². The maximum Gasteiger partial charge on any atom is 0.410 e. The molecule has 12 nitrogen and oxygen atoms in total. The number of aromatic nitrogens is 6. The number of nitrogens with zero attached hydrogens (tertiary/aromatic N) is 7. The molecule has 2 aliphatic rings. The fourth-order valence-electron chi connectivity index (χ4n) is 6.05. The standard InChI is InChI=1S/C32H34N8O4/c1-19-13-20(5-9-26(19)42-23-11-12-39-27(16-23)34-18-36-39)37-30-29-25(33-17-35-30)8-10-28(38-29)43-24-14-21-6-7-22(15-24)40(21)31(41)44-32(2,3)4/h5,8-13,16-18,21-22,24H,6-7,14-15H2,1-4H3,(H,33,35,37)/t21-,22+,24?. The number of carbonyl (C=O) groups excluding carboxylic acids is 1. The lowest BCUT2D eigenvalue weighted by Gasteiger charge is -2.39. The number of piperidine rings is 1. The van der Waals surface area contributed by atoms with Gasteiger partial charge in [-0.15, -0.1) is 0 Å². The number of benzene rings is 1. The molecule has 2 fully saturated rings. The molecule has 2 bridgehead atoms. The van der Waals surface area contributed by atoms with Gasteiger partial charge in [0.15, 0.2) is 11.5 Å². The van der Waals surface area contributed by atoms with E-state index in [1.807, 2.05) is 81.3 Å². The molecule has 1 aromatic carbocycles. The van der Waals surface area contributed by atoms with Gasteiger partial charge in [-0.1, -0.05) is 0 Å². The molecule has 0 spiro atoms. The fraction of sp³-hybridized carbons (Fsp3) is 0.375. The van der Waals surface area contributed by atoms with Gasteiger partial charge in [-0.05, 0) is 76.4 Å². The summed E-state index contributed by atoms with van der Waals surface area (Å²) >= 11 is 0. The van der Waals surface area contributed by atoms with Gasteiger partial charge in [0.2, 0.25) is 5.88 Å². The van der Waals surface area contributed by atoms with Crippen LogP contribution in [0.5, 0.6) is 17.4 Å². The van der Waals surface area contributed by atoms with Crippen molar-refractivity contribution in [3.05, 3.63) is 66.9 Å². The first kappa shape index (κ1) is 27.8. The first-order chi connectivity index (χ1) is 21.2. The van der Waals surface area contributed by atoms with Crippen LogP contribution >= 0.6 is 0 Å². The van der Waals surface area contributed by atoms with Crippen LogP contribution in [0.2, 0.25) is 0 Å². The van der Waals surface area contributed by atoms with E-state index in [4.69, 9.17) is 19.2 Å². The minimum atomic E-state index is -0.518. The molecule has 12 heteroatoms. The number of amides is 1. The van der Waals surface area contributed by atoms with E-state index in [9.17, 15) is 4.79 Å². The zero-order valence-corrected chi connectivity index (χ0v) is 25.1. The molecule has 6 heterocycles. The minimum Gasteiger partial charge on any atom is -0.474 e. The van der Waals surface area contributed by atoms with Crippen LogP contribution in [0.25, 0.3) is 16.7 Å². The molecule has 0 aliphatic carbocycles. The highest BCUT2D eigenvalue weighted by Gasteiger charge is 2.45. The SMILES string of the molecule is Cc1cc(Nc2ncnc3ccc(OC4C[C@H]5CC[C@@H](C4)N5C(=O)OC(C)(C)C)nc23)ccc1Oc1ccn2ncnc2c1. The van der Waals surface area contributed by atoms with Gasteiger partial charge in [-0.25, -0.2) is 29.2 Å². The highest BCUT2D eigenvalue weighted by atomic mass is 16.6. The van der Waals surface area contributed by atoms with Gasteiger partial charge in [-0.3, -0.25) is 0 Å². The largest absolute Gasteiger partial charge is 0.474 e. The van der Waals surface area contributed by atoms with E-state index in [0.717, 1.165) is 42.7 Å². The smallest absolute Gasteiger partial charge is 0.410 e. The Hall–Kier alpha value is -5.00. The molecule has 1 unspecified atom stereocenters. The van der Waals surface area contributed by atoms with E-state index in [1.54, 1.807) is 4.52 Å². The molecule has 1 amide bonds. The normalized spacial score (nSPS) is 19.7. The Bertz CT molecular complexity index is 1840. The highest BCUT2D eigenvalue weighted by molar-refractivity contribution is 5.87. The average Bonchev–Trinajstić information content (AvgIpc) is 3.55. The van der Waals surface area contributed by atoms with E-state index >= 15 is 0 Å². The van der Waals surface area contributed by atoms with Gasteiger partial charge in [0.1, 0.15) is 41.4 Å². The lowest BCUT2D eigenvalue weighted by atomic mass is 10.0. The monoisotopic (exact) mass is 594 g/mol. The van der Waals surface area contributed by atoms with Gasteiger partial charge in [0.05, 0.1) is 5.52 Å². The summed E-state index contributed by atoms with van der Waals surface area (Å²) in [6.07, 6.45) is 7.95. The maximum absolute atomic E-state index is 12.8. The van der Waals surface area contributed by atoms with Crippen LogP contribution in [0.1, 0.15) is 52.0 Å². The van der Waals surface area contributed by atoms with Gasteiger partial charge in [0, 0.05) is 48.9 Å². The van der Waals surface area contributed by atoms with Crippen molar-refractivity contribution < 1.29 is 19.0 Å². The van der Waals surface area contributed by atoms with Crippen molar-refractivity contribution in [3.8, 4) is 17.4 Å². The van der Waals surface area contributed by atoms with E-state index in [0.29, 0.717) is 34.1 Å². The Balaban J connectivity index is 1.05. The minimum absolute atomic E-state index is 0.0437. The summed E-state index contributed by atoms with van der Waals surface area (Å²) in [6, 6.07) is 13.5. The maximum atomic E-state index is 12.8. The number of fused-ring (bicyclic) bond motifs is 4. The molecule has 5 aromatic rings. The third-order valence-electron chi connectivity index (χ3n) is 7.96. The van der Waals surface area contributed by atoms with Gasteiger partial charge in [0.25, 0.3) is 0 Å². The van der Waals surface area contributed by atoms with Crippen LogP contribution in [-0.4, -0.2) is 64.3 Å². The Morgan fingerprint density at radius 2 is 1.80 bits per heavy atom. The summed E-state index contributed by atoms with van der Waals surface area (Å²) in [5.74, 6) is 2.49. The van der Waals surface area contributed by atoms with Crippen LogP contribution < -0.4 is 14.8 Å². The summed E-state index contributed by atoms with van der Waals surface area (Å²) in [5, 5.41) is 7.51. The summed E-state index contributed by atoms with van der Waals surface area (Å²) in [7, 11) is 0. The number of pyridine rings is 2. The lowest BCUT2D eigenvalue weighted by molar-refractivity contribution is -0.00755. The van der Waals surface area contributed by atoms with E-state index in [1.165, 1.54) is 12.7 Å². The lowest BCUT2D eigenvalue weighted by Crippen LogP contribution is -2.50. The number of carbonyl (C=O) groups is 1.